The van der Waals surface area contributed by atoms with Crippen LogP contribution in [0.25, 0.3) is 10.9 Å². The number of pyridine rings is 1. The third-order valence-electron chi connectivity index (χ3n) is 3.43. The van der Waals surface area contributed by atoms with Crippen molar-refractivity contribution < 1.29 is 15.5 Å². The number of quaternary nitrogens is 1. The Morgan fingerprint density at radius 3 is 2.71 bits per heavy atom. The maximum atomic E-state index is 12.0. The lowest BCUT2D eigenvalue weighted by Gasteiger charge is -2.16. The average Bonchev–Trinajstić information content (AvgIpc) is 2.50. The van der Waals surface area contributed by atoms with E-state index in [1.54, 1.807) is 39.2 Å². The van der Waals surface area contributed by atoms with E-state index in [4.69, 9.17) is 5.21 Å². The zero-order chi connectivity index (χ0) is 15.6. The second-order valence-electron chi connectivity index (χ2n) is 4.84. The van der Waals surface area contributed by atoms with Gasteiger partial charge in [-0.15, -0.1) is 0 Å². The van der Waals surface area contributed by atoms with Gasteiger partial charge in [0.15, 0.2) is 5.69 Å². The molecule has 7 nitrogen and oxygen atoms in total. The van der Waals surface area contributed by atoms with E-state index >= 15 is 0 Å². The smallest absolute Gasteiger partial charge is 0.252 e. The monoisotopic (exact) mass is 291 g/mol. The van der Waals surface area contributed by atoms with Gasteiger partial charge in [0.2, 0.25) is 5.91 Å². The first-order valence-electron chi connectivity index (χ1n) is 6.57. The van der Waals surface area contributed by atoms with Crippen LogP contribution >= 0.6 is 0 Å². The number of nitrogens with one attached hydrogen (secondary N) is 2. The van der Waals surface area contributed by atoms with Crippen LogP contribution in [0, 0.1) is 0 Å². The van der Waals surface area contributed by atoms with Gasteiger partial charge in [-0.05, 0) is 13.0 Å². The Morgan fingerprint density at radius 2 is 2.10 bits per heavy atom. The van der Waals surface area contributed by atoms with Crippen LogP contribution in [0.2, 0.25) is 0 Å². The molecule has 1 aromatic heterocycles. The Hall–Kier alpha value is -2.38. The van der Waals surface area contributed by atoms with Gasteiger partial charge in [0.1, 0.15) is 6.04 Å². The van der Waals surface area contributed by atoms with Crippen molar-refractivity contribution in [2.24, 2.45) is 7.05 Å². The number of hydrogen-bond acceptors (Lipinski definition) is 4. The summed E-state index contributed by atoms with van der Waals surface area (Å²) in [6, 6.07) is 6.20. The number of fused-ring (bicyclic) bond motifs is 1. The van der Waals surface area contributed by atoms with Crippen LogP contribution in [0.5, 0.6) is 0 Å². The molecule has 0 radical (unpaired) electrons. The minimum atomic E-state index is -0.480. The van der Waals surface area contributed by atoms with Crippen molar-refractivity contribution in [2.45, 2.75) is 13.0 Å². The Bertz CT molecular complexity index is 739. The number of anilines is 1. The number of carbonyl (C=O) groups excluding carboxylic acids is 1. The number of nitrogens with two attached hydrogens (primary N) is 1. The molecule has 0 spiro atoms. The van der Waals surface area contributed by atoms with Gasteiger partial charge in [0, 0.05) is 43.4 Å². The molecule has 112 valence electrons. The molecule has 1 atom stereocenters. The summed E-state index contributed by atoms with van der Waals surface area (Å²) in [6.45, 7) is 1.71. The van der Waals surface area contributed by atoms with Gasteiger partial charge < -0.3 is 15.2 Å². The highest BCUT2D eigenvalue weighted by Crippen LogP contribution is 2.23. The molecule has 1 amide bonds. The fourth-order valence-electron chi connectivity index (χ4n) is 2.19. The third kappa shape index (κ3) is 2.88. The molecular formula is C14H19N4O3+. The van der Waals surface area contributed by atoms with Gasteiger partial charge in [-0.3, -0.25) is 9.59 Å². The summed E-state index contributed by atoms with van der Waals surface area (Å²) >= 11 is 0. The molecule has 1 unspecified atom stereocenters. The lowest BCUT2D eigenvalue weighted by molar-refractivity contribution is -0.825. The maximum Gasteiger partial charge on any atom is 0.252 e. The average molecular weight is 291 g/mol. The first-order valence-corrected chi connectivity index (χ1v) is 6.57. The molecular weight excluding hydrogens is 272 g/mol. The topological polar surface area (TPSA) is 100.0 Å². The normalized spacial score (nSPS) is 12.2. The van der Waals surface area contributed by atoms with Crippen molar-refractivity contribution in [3.63, 3.8) is 0 Å². The van der Waals surface area contributed by atoms with Gasteiger partial charge in [0.05, 0.1) is 5.52 Å². The van der Waals surface area contributed by atoms with E-state index in [0.717, 1.165) is 16.4 Å². The van der Waals surface area contributed by atoms with Crippen molar-refractivity contribution in [1.82, 2.24) is 9.88 Å². The molecule has 0 aliphatic rings. The highest BCUT2D eigenvalue weighted by Gasteiger charge is 2.14. The first-order chi connectivity index (χ1) is 9.97. The number of hydrogen-bond donors (Lipinski definition) is 4. The van der Waals surface area contributed by atoms with Crippen LogP contribution in [-0.2, 0) is 11.8 Å². The molecule has 0 fully saturated rings. The van der Waals surface area contributed by atoms with E-state index in [1.807, 2.05) is 0 Å². The molecule has 0 aliphatic heterocycles. The van der Waals surface area contributed by atoms with E-state index in [2.05, 4.69) is 10.6 Å². The van der Waals surface area contributed by atoms with Gasteiger partial charge >= 0.3 is 0 Å². The largest absolute Gasteiger partial charge is 0.373 e. The second kappa shape index (κ2) is 5.94. The SMILES string of the molecule is CNC(=O)C(C)Nc1cc(=O)n(C)c2ccc([NH2+]O)cc12. The number of benzene rings is 1. The molecule has 0 saturated heterocycles. The molecule has 0 aliphatic carbocycles. The van der Waals surface area contributed by atoms with Crippen LogP contribution < -0.4 is 21.7 Å². The van der Waals surface area contributed by atoms with Crippen molar-refractivity contribution in [3.05, 3.63) is 34.6 Å². The molecule has 1 aromatic carbocycles. The second-order valence-corrected chi connectivity index (χ2v) is 4.84. The fourth-order valence-corrected chi connectivity index (χ4v) is 2.19. The zero-order valence-electron chi connectivity index (χ0n) is 12.2. The number of aryl methyl sites for hydroxylation is 1. The third-order valence-corrected chi connectivity index (χ3v) is 3.43. The molecule has 7 heteroatoms. The maximum absolute atomic E-state index is 12.0. The molecule has 0 saturated carbocycles. The van der Waals surface area contributed by atoms with Gasteiger partial charge in [-0.2, -0.15) is 5.48 Å². The summed E-state index contributed by atoms with van der Waals surface area (Å²) in [4.78, 5) is 23.6. The van der Waals surface area contributed by atoms with Gasteiger partial charge in [-0.1, -0.05) is 0 Å². The number of amides is 1. The lowest BCUT2D eigenvalue weighted by atomic mass is 10.1. The molecule has 21 heavy (non-hydrogen) atoms. The van der Waals surface area contributed by atoms with Crippen LogP contribution in [0.4, 0.5) is 11.4 Å². The Kier molecular flexibility index (Phi) is 4.25. The number of aromatic nitrogens is 1. The van der Waals surface area contributed by atoms with Crippen molar-refractivity contribution in [3.8, 4) is 0 Å². The number of rotatable bonds is 4. The first kappa shape index (κ1) is 15.0. The van der Waals surface area contributed by atoms with Crippen LogP contribution in [0.3, 0.4) is 0 Å². The van der Waals surface area contributed by atoms with Gasteiger partial charge in [-0.25, -0.2) is 5.21 Å². The van der Waals surface area contributed by atoms with Crippen LogP contribution in [0.1, 0.15) is 6.92 Å². The lowest BCUT2D eigenvalue weighted by Crippen LogP contribution is -2.73. The summed E-state index contributed by atoms with van der Waals surface area (Å²) in [5.74, 6) is -0.172. The van der Waals surface area contributed by atoms with Crippen LogP contribution in [-0.4, -0.2) is 28.8 Å². The minimum Gasteiger partial charge on any atom is -0.373 e. The summed E-state index contributed by atoms with van der Waals surface area (Å²) in [7, 11) is 3.24. The predicted octanol–water partition coefficient (Wildman–Crippen LogP) is -0.331. The minimum absolute atomic E-state index is 0.171. The number of carbonyl (C=O) groups is 1. The summed E-state index contributed by atoms with van der Waals surface area (Å²) in [5.41, 5.74) is 2.73. The van der Waals surface area contributed by atoms with E-state index < -0.39 is 6.04 Å². The molecule has 1 heterocycles. The van der Waals surface area contributed by atoms with E-state index in [-0.39, 0.29) is 11.5 Å². The highest BCUT2D eigenvalue weighted by atomic mass is 16.5. The summed E-state index contributed by atoms with van der Waals surface area (Å²) < 4.78 is 1.52. The summed E-state index contributed by atoms with van der Waals surface area (Å²) in [6.07, 6.45) is 0. The molecule has 5 N–H and O–H groups in total. The molecule has 2 aromatic rings. The highest BCUT2D eigenvalue weighted by molar-refractivity contribution is 5.95. The van der Waals surface area contributed by atoms with Crippen molar-refractivity contribution in [1.29, 1.82) is 0 Å². The number of likely N-dealkylation sites (N-methyl/N-ethyl adjacent to an activating group) is 1. The van der Waals surface area contributed by atoms with E-state index in [1.165, 1.54) is 10.6 Å². The van der Waals surface area contributed by atoms with E-state index in [9.17, 15) is 9.59 Å². The van der Waals surface area contributed by atoms with Crippen molar-refractivity contribution >= 4 is 28.2 Å². The van der Waals surface area contributed by atoms with Gasteiger partial charge in [0.25, 0.3) is 5.56 Å². The summed E-state index contributed by atoms with van der Waals surface area (Å²) in [5, 5.41) is 15.5. The van der Waals surface area contributed by atoms with E-state index in [0.29, 0.717) is 11.4 Å². The number of nitrogens with zero attached hydrogens (tertiary/aromatic N) is 1. The Balaban J connectivity index is 2.59. The molecule has 0 bridgehead atoms. The van der Waals surface area contributed by atoms with Crippen molar-refractivity contribution in [2.75, 3.05) is 12.4 Å². The fraction of sp³-hybridized carbons (Fsp3) is 0.286. The van der Waals surface area contributed by atoms with Crippen LogP contribution in [0.15, 0.2) is 29.1 Å². The Morgan fingerprint density at radius 1 is 1.38 bits per heavy atom. The quantitative estimate of drug-likeness (QED) is 0.458. The zero-order valence-corrected chi connectivity index (χ0v) is 12.2. The Labute approximate surface area is 121 Å². The predicted molar refractivity (Wildman–Crippen MR) is 79.7 cm³/mol. The molecule has 2 rings (SSSR count). The standard InChI is InChI=1S/C14H18N4O3/c1-8(14(20)15-2)16-11-7-13(19)18(3)12-5-4-9(17-21)6-10(11)12/h4-8,16-17,21H,1-3H3,(H,15,20)/p+1.